The average Bonchev–Trinajstić information content (AvgIpc) is 2.67. The van der Waals surface area contributed by atoms with Crippen LogP contribution in [-0.2, 0) is 11.3 Å². The predicted octanol–water partition coefficient (Wildman–Crippen LogP) is 4.80. The lowest BCUT2D eigenvalue weighted by atomic mass is 10.0. The summed E-state index contributed by atoms with van der Waals surface area (Å²) in [6.45, 7) is 0.197. The molecule has 0 aliphatic heterocycles. The first-order chi connectivity index (χ1) is 12.6. The Balaban J connectivity index is 1.65. The molecule has 0 saturated heterocycles. The van der Waals surface area contributed by atoms with Crippen molar-refractivity contribution >= 4 is 17.7 Å². The van der Waals surface area contributed by atoms with Gasteiger partial charge in [-0.3, -0.25) is 5.32 Å². The van der Waals surface area contributed by atoms with Gasteiger partial charge in [-0.05, 0) is 41.0 Å². The highest BCUT2D eigenvalue weighted by molar-refractivity contribution is 5.89. The Bertz CT molecular complexity index is 905. The van der Waals surface area contributed by atoms with Crippen molar-refractivity contribution in [2.24, 2.45) is 0 Å². The SMILES string of the molecule is O=C(Nc1cccc(-c2ccc(C(=O)O)cc2)c1)OCc1ccccc1. The number of nitrogens with one attached hydrogen (secondary N) is 1. The zero-order chi connectivity index (χ0) is 18.4. The highest BCUT2D eigenvalue weighted by Gasteiger charge is 2.07. The van der Waals surface area contributed by atoms with E-state index in [9.17, 15) is 9.59 Å². The predicted molar refractivity (Wildman–Crippen MR) is 99.1 cm³/mol. The quantitative estimate of drug-likeness (QED) is 0.695. The molecule has 0 spiro atoms. The highest BCUT2D eigenvalue weighted by atomic mass is 16.5. The number of carboxylic acids is 1. The second kappa shape index (κ2) is 7.98. The fourth-order valence-electron chi connectivity index (χ4n) is 2.46. The van der Waals surface area contributed by atoms with E-state index < -0.39 is 12.1 Å². The van der Waals surface area contributed by atoms with Crippen molar-refractivity contribution in [3.05, 3.63) is 90.0 Å². The van der Waals surface area contributed by atoms with E-state index in [1.165, 1.54) is 0 Å². The number of ether oxygens (including phenoxy) is 1. The summed E-state index contributed by atoms with van der Waals surface area (Å²) >= 11 is 0. The summed E-state index contributed by atoms with van der Waals surface area (Å²) in [6, 6.07) is 23.3. The number of amides is 1. The van der Waals surface area contributed by atoms with Gasteiger partial charge in [-0.25, -0.2) is 9.59 Å². The fraction of sp³-hybridized carbons (Fsp3) is 0.0476. The summed E-state index contributed by atoms with van der Waals surface area (Å²) in [4.78, 5) is 22.9. The molecule has 2 N–H and O–H groups in total. The summed E-state index contributed by atoms with van der Waals surface area (Å²) in [5.41, 5.74) is 3.46. The third-order valence-electron chi connectivity index (χ3n) is 3.79. The molecule has 0 bridgehead atoms. The molecule has 0 unspecified atom stereocenters. The van der Waals surface area contributed by atoms with Crippen LogP contribution in [0.2, 0.25) is 0 Å². The number of hydrogen-bond acceptors (Lipinski definition) is 3. The lowest BCUT2D eigenvalue weighted by Gasteiger charge is -2.09. The zero-order valence-electron chi connectivity index (χ0n) is 13.9. The second-order valence-electron chi connectivity index (χ2n) is 5.65. The van der Waals surface area contributed by atoms with Gasteiger partial charge in [0, 0.05) is 5.69 Å². The van der Waals surface area contributed by atoms with Crippen molar-refractivity contribution in [3.63, 3.8) is 0 Å². The molecule has 5 nitrogen and oxygen atoms in total. The van der Waals surface area contributed by atoms with E-state index in [4.69, 9.17) is 9.84 Å². The monoisotopic (exact) mass is 347 g/mol. The van der Waals surface area contributed by atoms with Crippen molar-refractivity contribution in [3.8, 4) is 11.1 Å². The van der Waals surface area contributed by atoms with Crippen LogP contribution >= 0.6 is 0 Å². The van der Waals surface area contributed by atoms with Gasteiger partial charge in [-0.15, -0.1) is 0 Å². The van der Waals surface area contributed by atoms with Crippen LogP contribution < -0.4 is 5.32 Å². The Morgan fingerprint density at radius 1 is 0.846 bits per heavy atom. The maximum Gasteiger partial charge on any atom is 0.411 e. The number of anilines is 1. The molecule has 0 saturated carbocycles. The van der Waals surface area contributed by atoms with Crippen LogP contribution in [-0.4, -0.2) is 17.2 Å². The standard InChI is InChI=1S/C21H17NO4/c23-20(24)17-11-9-16(10-12-17)18-7-4-8-19(13-18)22-21(25)26-14-15-5-2-1-3-6-15/h1-13H,14H2,(H,22,25)(H,23,24). The number of carbonyl (C=O) groups is 2. The number of carbonyl (C=O) groups excluding carboxylic acids is 1. The van der Waals surface area contributed by atoms with Gasteiger partial charge in [-0.2, -0.15) is 0 Å². The fourth-order valence-corrected chi connectivity index (χ4v) is 2.46. The van der Waals surface area contributed by atoms with Gasteiger partial charge < -0.3 is 9.84 Å². The number of benzene rings is 3. The topological polar surface area (TPSA) is 75.6 Å². The van der Waals surface area contributed by atoms with Crippen LogP contribution in [0.1, 0.15) is 15.9 Å². The number of carboxylic acid groups (broad SMARTS) is 1. The molecule has 0 aliphatic carbocycles. The van der Waals surface area contributed by atoms with E-state index in [1.54, 1.807) is 36.4 Å². The minimum absolute atomic E-state index is 0.197. The molecule has 130 valence electrons. The molecule has 5 heteroatoms. The van der Waals surface area contributed by atoms with E-state index in [-0.39, 0.29) is 12.2 Å². The van der Waals surface area contributed by atoms with Gasteiger partial charge >= 0.3 is 12.1 Å². The Morgan fingerprint density at radius 2 is 1.58 bits per heavy atom. The molecule has 26 heavy (non-hydrogen) atoms. The molecular weight excluding hydrogens is 330 g/mol. The minimum Gasteiger partial charge on any atom is -0.478 e. The Morgan fingerprint density at radius 3 is 2.27 bits per heavy atom. The van der Waals surface area contributed by atoms with Gasteiger partial charge in [-0.1, -0.05) is 54.6 Å². The molecule has 1 amide bonds. The lowest BCUT2D eigenvalue weighted by molar-refractivity contribution is 0.0697. The highest BCUT2D eigenvalue weighted by Crippen LogP contribution is 2.23. The van der Waals surface area contributed by atoms with E-state index in [1.807, 2.05) is 42.5 Å². The van der Waals surface area contributed by atoms with Crippen LogP contribution in [0.25, 0.3) is 11.1 Å². The maximum atomic E-state index is 12.0. The first-order valence-corrected chi connectivity index (χ1v) is 8.03. The van der Waals surface area contributed by atoms with Crippen molar-refractivity contribution in [1.82, 2.24) is 0 Å². The first kappa shape index (κ1) is 17.2. The van der Waals surface area contributed by atoms with Gasteiger partial charge in [0.1, 0.15) is 6.61 Å². The average molecular weight is 347 g/mol. The number of rotatable bonds is 5. The Hall–Kier alpha value is -3.60. The number of hydrogen-bond donors (Lipinski definition) is 2. The minimum atomic E-state index is -0.965. The molecule has 0 fully saturated rings. The third kappa shape index (κ3) is 4.48. The molecule has 3 aromatic carbocycles. The van der Waals surface area contributed by atoms with Crippen LogP contribution in [0.3, 0.4) is 0 Å². The molecule has 0 aliphatic rings. The summed E-state index contributed by atoms with van der Waals surface area (Å²) in [7, 11) is 0. The van der Waals surface area contributed by atoms with Gasteiger partial charge in [0.05, 0.1) is 5.56 Å². The van der Waals surface area contributed by atoms with Crippen molar-refractivity contribution in [2.45, 2.75) is 6.61 Å². The smallest absolute Gasteiger partial charge is 0.411 e. The Labute approximate surface area is 150 Å². The summed E-state index contributed by atoms with van der Waals surface area (Å²) in [5, 5.41) is 11.7. The molecule has 0 aromatic heterocycles. The van der Waals surface area contributed by atoms with Crippen LogP contribution in [0.5, 0.6) is 0 Å². The van der Waals surface area contributed by atoms with Crippen LogP contribution in [0, 0.1) is 0 Å². The Kier molecular flexibility index (Phi) is 5.29. The second-order valence-corrected chi connectivity index (χ2v) is 5.65. The molecule has 0 heterocycles. The third-order valence-corrected chi connectivity index (χ3v) is 3.79. The molecule has 3 rings (SSSR count). The van der Waals surface area contributed by atoms with Crippen LogP contribution in [0.4, 0.5) is 10.5 Å². The molecule has 3 aromatic rings. The van der Waals surface area contributed by atoms with Crippen LogP contribution in [0.15, 0.2) is 78.9 Å². The van der Waals surface area contributed by atoms with Gasteiger partial charge in [0.2, 0.25) is 0 Å². The summed E-state index contributed by atoms with van der Waals surface area (Å²) < 4.78 is 5.20. The van der Waals surface area contributed by atoms with E-state index in [2.05, 4.69) is 5.32 Å². The first-order valence-electron chi connectivity index (χ1n) is 8.03. The summed E-state index contributed by atoms with van der Waals surface area (Å²) in [6.07, 6.45) is -0.535. The molecule has 0 atom stereocenters. The van der Waals surface area contributed by atoms with Crippen molar-refractivity contribution in [2.75, 3.05) is 5.32 Å². The van der Waals surface area contributed by atoms with E-state index in [0.29, 0.717) is 5.69 Å². The largest absolute Gasteiger partial charge is 0.478 e. The number of aromatic carboxylic acids is 1. The van der Waals surface area contributed by atoms with Gasteiger partial charge in [0.15, 0.2) is 0 Å². The van der Waals surface area contributed by atoms with Crippen molar-refractivity contribution < 1.29 is 19.4 Å². The normalized spacial score (nSPS) is 10.2. The maximum absolute atomic E-state index is 12.0. The zero-order valence-corrected chi connectivity index (χ0v) is 13.9. The van der Waals surface area contributed by atoms with Gasteiger partial charge in [0.25, 0.3) is 0 Å². The summed E-state index contributed by atoms with van der Waals surface area (Å²) in [5.74, 6) is -0.965. The molecular formula is C21H17NO4. The lowest BCUT2D eigenvalue weighted by Crippen LogP contribution is -2.13. The van der Waals surface area contributed by atoms with E-state index in [0.717, 1.165) is 16.7 Å². The molecule has 0 radical (unpaired) electrons. The van der Waals surface area contributed by atoms with Crippen molar-refractivity contribution in [1.29, 1.82) is 0 Å². The van der Waals surface area contributed by atoms with E-state index >= 15 is 0 Å².